The Morgan fingerprint density at radius 2 is 1.74 bits per heavy atom. The largest absolute Gasteiger partial charge is 0.487 e. The Morgan fingerprint density at radius 3 is 2.32 bits per heavy atom. The third kappa shape index (κ3) is 8.17. The van der Waals surface area contributed by atoms with Crippen LogP contribution in [0.4, 0.5) is 10.5 Å². The second kappa shape index (κ2) is 13.2. The number of hydroxylamine groups is 2. The molecule has 3 aromatic rings. The van der Waals surface area contributed by atoms with Gasteiger partial charge in [0.05, 0.1) is 16.6 Å². The van der Waals surface area contributed by atoms with E-state index in [2.05, 4.69) is 4.98 Å². The van der Waals surface area contributed by atoms with E-state index in [1.807, 2.05) is 32.0 Å². The number of carbonyl (C=O) groups is 1. The Bertz CT molecular complexity index is 1270. The lowest BCUT2D eigenvalue weighted by molar-refractivity contribution is -0.0984. The van der Waals surface area contributed by atoms with Crippen LogP contribution in [0.5, 0.6) is 5.75 Å². The van der Waals surface area contributed by atoms with Crippen molar-refractivity contribution in [2.24, 2.45) is 5.92 Å². The van der Waals surface area contributed by atoms with Gasteiger partial charge in [0.2, 0.25) is 10.0 Å². The smallest absolute Gasteiger partial charge is 0.431 e. The van der Waals surface area contributed by atoms with Gasteiger partial charge in [-0.15, -0.1) is 0 Å². The standard InChI is InChI=1S/C27H34N4O6S/c1-20(2)18-30(38(35,36)26-12-8-22(28)9-13-26)16-14-24(31(34)27(32)33)17-21-6-10-25(11-7-21)37-19-23-5-3-4-15-29-23/h3-13,15,20,24,34H,14,16-19,28H2,1-2H3,(H,32,33). The van der Waals surface area contributed by atoms with Crippen molar-refractivity contribution in [3.05, 3.63) is 84.2 Å². The maximum Gasteiger partial charge on any atom is 0.431 e. The number of nitrogen functional groups attached to an aromatic ring is 1. The van der Waals surface area contributed by atoms with Crippen LogP contribution >= 0.6 is 0 Å². The molecule has 0 bridgehead atoms. The van der Waals surface area contributed by atoms with Gasteiger partial charge in [-0.05, 0) is 72.9 Å². The van der Waals surface area contributed by atoms with E-state index in [4.69, 9.17) is 10.5 Å². The quantitative estimate of drug-likeness (QED) is 0.165. The highest BCUT2D eigenvalue weighted by Crippen LogP contribution is 2.22. The molecule has 38 heavy (non-hydrogen) atoms. The Hall–Kier alpha value is -3.67. The number of nitrogens with zero attached hydrogens (tertiary/aromatic N) is 3. The lowest BCUT2D eigenvalue weighted by Crippen LogP contribution is -2.42. The average Bonchev–Trinajstić information content (AvgIpc) is 2.89. The van der Waals surface area contributed by atoms with Crippen molar-refractivity contribution < 1.29 is 28.3 Å². The monoisotopic (exact) mass is 542 g/mol. The molecule has 10 nitrogen and oxygen atoms in total. The summed E-state index contributed by atoms with van der Waals surface area (Å²) in [6.45, 7) is 4.36. The molecule has 1 atom stereocenters. The van der Waals surface area contributed by atoms with Crippen molar-refractivity contribution in [1.29, 1.82) is 0 Å². The van der Waals surface area contributed by atoms with Crippen LogP contribution in [0, 0.1) is 5.92 Å². The minimum Gasteiger partial charge on any atom is -0.487 e. The molecule has 1 aromatic heterocycles. The summed E-state index contributed by atoms with van der Waals surface area (Å²) >= 11 is 0. The maximum absolute atomic E-state index is 13.3. The van der Waals surface area contributed by atoms with E-state index in [-0.39, 0.29) is 41.8 Å². The van der Waals surface area contributed by atoms with Crippen molar-refractivity contribution in [2.45, 2.75) is 44.2 Å². The average molecular weight is 543 g/mol. The highest BCUT2D eigenvalue weighted by molar-refractivity contribution is 7.89. The lowest BCUT2D eigenvalue weighted by atomic mass is 10.0. The number of carboxylic acid groups (broad SMARTS) is 1. The van der Waals surface area contributed by atoms with E-state index in [0.717, 1.165) is 11.3 Å². The normalized spacial score (nSPS) is 12.4. The SMILES string of the molecule is CC(C)CN(CCC(Cc1ccc(OCc2ccccn2)cc1)N(O)C(=O)O)S(=O)(=O)c1ccc(N)cc1. The topological polar surface area (TPSA) is 146 Å². The second-order valence-electron chi connectivity index (χ2n) is 9.35. The summed E-state index contributed by atoms with van der Waals surface area (Å²) in [5, 5.41) is 20.0. The Labute approximate surface area is 223 Å². The molecule has 204 valence electrons. The van der Waals surface area contributed by atoms with Crippen LogP contribution in [0.15, 0.2) is 77.8 Å². The number of hydrogen-bond acceptors (Lipinski definition) is 7. The van der Waals surface area contributed by atoms with Gasteiger partial charge in [0.25, 0.3) is 0 Å². The predicted octanol–water partition coefficient (Wildman–Crippen LogP) is 4.26. The Kier molecular flexibility index (Phi) is 10.1. The fourth-order valence-corrected chi connectivity index (χ4v) is 5.52. The van der Waals surface area contributed by atoms with Gasteiger partial charge >= 0.3 is 6.09 Å². The molecule has 4 N–H and O–H groups in total. The number of nitrogens with two attached hydrogens (primary N) is 1. The van der Waals surface area contributed by atoms with Gasteiger partial charge in [-0.2, -0.15) is 9.37 Å². The lowest BCUT2D eigenvalue weighted by Gasteiger charge is -2.28. The number of amides is 1. The molecule has 3 rings (SSSR count). The van der Waals surface area contributed by atoms with Gasteiger partial charge < -0.3 is 15.6 Å². The zero-order chi connectivity index (χ0) is 27.7. The number of pyridine rings is 1. The van der Waals surface area contributed by atoms with Crippen molar-refractivity contribution in [3.63, 3.8) is 0 Å². The summed E-state index contributed by atoms with van der Waals surface area (Å²) < 4.78 is 33.7. The number of rotatable bonds is 13. The molecule has 1 amide bonds. The third-order valence-electron chi connectivity index (χ3n) is 5.85. The number of aromatic nitrogens is 1. The number of benzene rings is 2. The van der Waals surface area contributed by atoms with E-state index in [0.29, 0.717) is 18.0 Å². The van der Waals surface area contributed by atoms with Crippen molar-refractivity contribution in [1.82, 2.24) is 14.4 Å². The minimum atomic E-state index is -3.85. The molecular formula is C27H34N4O6S. The van der Waals surface area contributed by atoms with Crippen LogP contribution in [0.25, 0.3) is 0 Å². The highest BCUT2D eigenvalue weighted by atomic mass is 32.2. The van der Waals surface area contributed by atoms with Crippen molar-refractivity contribution in [2.75, 3.05) is 18.8 Å². The van der Waals surface area contributed by atoms with Crippen LogP contribution in [0.2, 0.25) is 0 Å². The first-order chi connectivity index (χ1) is 18.1. The first-order valence-corrected chi connectivity index (χ1v) is 13.7. The van der Waals surface area contributed by atoms with Gasteiger partial charge in [0, 0.05) is 25.0 Å². The molecule has 1 unspecified atom stereocenters. The van der Waals surface area contributed by atoms with Crippen LogP contribution in [-0.2, 0) is 23.1 Å². The summed E-state index contributed by atoms with van der Waals surface area (Å²) in [6, 6.07) is 17.7. The molecule has 0 aliphatic rings. The van der Waals surface area contributed by atoms with Crippen LogP contribution in [-0.4, -0.2) is 58.3 Å². The zero-order valence-corrected chi connectivity index (χ0v) is 22.3. The summed E-state index contributed by atoms with van der Waals surface area (Å²) in [6.07, 6.45) is 0.443. The summed E-state index contributed by atoms with van der Waals surface area (Å²) in [7, 11) is -3.85. The fourth-order valence-electron chi connectivity index (χ4n) is 3.90. The van der Waals surface area contributed by atoms with E-state index >= 15 is 0 Å². The molecule has 11 heteroatoms. The number of hydrogen-bond donors (Lipinski definition) is 3. The second-order valence-corrected chi connectivity index (χ2v) is 11.3. The molecule has 2 aromatic carbocycles. The molecule has 0 radical (unpaired) electrons. The number of anilines is 1. The van der Waals surface area contributed by atoms with Gasteiger partial charge in [0.15, 0.2) is 0 Å². The van der Waals surface area contributed by atoms with Crippen LogP contribution in [0.3, 0.4) is 0 Å². The minimum absolute atomic E-state index is 0.0190. The van der Waals surface area contributed by atoms with Gasteiger partial charge in [-0.25, -0.2) is 13.2 Å². The first-order valence-electron chi connectivity index (χ1n) is 12.2. The molecule has 0 aliphatic heterocycles. The van der Waals surface area contributed by atoms with Crippen molar-refractivity contribution >= 4 is 21.8 Å². The molecule has 0 spiro atoms. The van der Waals surface area contributed by atoms with Crippen molar-refractivity contribution in [3.8, 4) is 5.75 Å². The molecular weight excluding hydrogens is 508 g/mol. The molecule has 1 heterocycles. The van der Waals surface area contributed by atoms with E-state index in [9.17, 15) is 23.5 Å². The molecule has 0 saturated heterocycles. The molecule has 0 aliphatic carbocycles. The van der Waals surface area contributed by atoms with Crippen LogP contribution in [0.1, 0.15) is 31.5 Å². The highest BCUT2D eigenvalue weighted by Gasteiger charge is 2.29. The van der Waals surface area contributed by atoms with E-state index in [1.54, 1.807) is 30.5 Å². The molecule has 0 fully saturated rings. The maximum atomic E-state index is 13.3. The first kappa shape index (κ1) is 28.9. The Morgan fingerprint density at radius 1 is 1.05 bits per heavy atom. The van der Waals surface area contributed by atoms with Gasteiger partial charge in [-0.1, -0.05) is 32.0 Å². The Balaban J connectivity index is 1.71. The van der Waals surface area contributed by atoms with E-state index in [1.165, 1.54) is 28.6 Å². The summed E-state index contributed by atoms with van der Waals surface area (Å²) in [4.78, 5) is 15.9. The van der Waals surface area contributed by atoms with Gasteiger partial charge in [0.1, 0.15) is 12.4 Å². The summed E-state index contributed by atoms with van der Waals surface area (Å²) in [5.41, 5.74) is 7.70. The number of sulfonamides is 1. The third-order valence-corrected chi connectivity index (χ3v) is 7.73. The van der Waals surface area contributed by atoms with Gasteiger partial charge in [-0.3, -0.25) is 10.2 Å². The van der Waals surface area contributed by atoms with Crippen LogP contribution < -0.4 is 10.5 Å². The predicted molar refractivity (Wildman–Crippen MR) is 143 cm³/mol. The number of ether oxygens (including phenoxy) is 1. The van der Waals surface area contributed by atoms with E-state index < -0.39 is 22.2 Å². The molecule has 0 saturated carbocycles. The summed E-state index contributed by atoms with van der Waals surface area (Å²) in [5.74, 6) is 0.646. The zero-order valence-electron chi connectivity index (χ0n) is 21.5. The fraction of sp³-hybridized carbons (Fsp3) is 0.333.